The van der Waals surface area contributed by atoms with Crippen molar-refractivity contribution in [1.82, 2.24) is 0 Å². The quantitative estimate of drug-likeness (QED) is 0.491. The molecule has 0 amide bonds. The van der Waals surface area contributed by atoms with Gasteiger partial charge in [0.25, 0.3) is 0 Å². The van der Waals surface area contributed by atoms with Crippen molar-refractivity contribution in [2.75, 3.05) is 40.8 Å². The number of hydrogen-bond acceptors (Lipinski definition) is 0. The van der Waals surface area contributed by atoms with Gasteiger partial charge in [0.05, 0.1) is 0 Å². The Hall–Kier alpha value is -0.0557. The minimum absolute atomic E-state index is 0. The molecule has 0 unspecified atom stereocenters. The minimum atomic E-state index is 0. The first kappa shape index (κ1) is 29.9. The van der Waals surface area contributed by atoms with Gasteiger partial charge in [0.15, 0.2) is 0 Å². The topological polar surface area (TPSA) is 42.3 Å². The predicted octanol–water partition coefficient (Wildman–Crippen LogP) is 5.63. The Bertz CT molecular complexity index is 221. The summed E-state index contributed by atoms with van der Waals surface area (Å²) in [5.74, 6) is 0.785. The van der Waals surface area contributed by atoms with E-state index in [0.29, 0.717) is 0 Å². The van der Waals surface area contributed by atoms with Crippen LogP contribution in [0.1, 0.15) is 40.2 Å². The van der Waals surface area contributed by atoms with Crippen LogP contribution < -0.4 is 0 Å². The van der Waals surface area contributed by atoms with Gasteiger partial charge in [-0.15, -0.1) is 0 Å². The van der Waals surface area contributed by atoms with Gasteiger partial charge in [-0.1, -0.05) is 47.0 Å². The van der Waals surface area contributed by atoms with E-state index in [1.807, 2.05) is 20.8 Å². The Morgan fingerprint density at radius 3 is 1.23 bits per heavy atom. The molecule has 0 heterocycles. The summed E-state index contributed by atoms with van der Waals surface area (Å²) in [6, 6.07) is 8.55. The molecule has 0 aliphatic heterocycles. The second-order valence-corrected chi connectivity index (χ2v) is 4.79. The van der Waals surface area contributed by atoms with E-state index in [2.05, 4.69) is 54.1 Å². The zero-order valence-corrected chi connectivity index (χ0v) is 17.6. The van der Waals surface area contributed by atoms with Crippen molar-refractivity contribution < 1.29 is 21.7 Å². The third-order valence-corrected chi connectivity index (χ3v) is 2.32. The average Bonchev–Trinajstić information content (AvgIpc) is 3.00. The zero-order valence-electron chi connectivity index (χ0n) is 16.1. The van der Waals surface area contributed by atoms with Gasteiger partial charge in [-0.25, -0.2) is 12.1 Å². The Labute approximate surface area is 155 Å². The van der Waals surface area contributed by atoms with E-state index < -0.39 is 0 Å². The van der Waals surface area contributed by atoms with Gasteiger partial charge in [0.2, 0.25) is 0 Å². The molecule has 0 aliphatic rings. The van der Waals surface area contributed by atoms with Gasteiger partial charge in [-0.2, -0.15) is 58.5 Å². The first-order chi connectivity index (χ1) is 10.0. The van der Waals surface area contributed by atoms with Crippen molar-refractivity contribution in [2.45, 2.75) is 41.0 Å². The van der Waals surface area contributed by atoms with Crippen LogP contribution >= 0.6 is 0 Å². The fourth-order valence-electron chi connectivity index (χ4n) is 1.02. The van der Waals surface area contributed by atoms with Crippen LogP contribution in [0.4, 0.5) is 0 Å². The summed E-state index contributed by atoms with van der Waals surface area (Å²) in [6.45, 7) is 13.4. The van der Waals surface area contributed by atoms with Crippen LogP contribution in [0.3, 0.4) is 0 Å². The normalized spacial score (nSPS) is 8.41. The van der Waals surface area contributed by atoms with Crippen molar-refractivity contribution in [1.29, 1.82) is 0 Å². The molecule has 4 heteroatoms. The summed E-state index contributed by atoms with van der Waals surface area (Å²) in [4.78, 5) is 0. The van der Waals surface area contributed by atoms with E-state index in [4.69, 9.17) is 0 Å². The SMILES string of the molecule is CC(C)C[c-]1cccc1.CC[N-]C.CC[N-]C.CC[N-]C.[Ti+4]. The summed E-state index contributed by atoms with van der Waals surface area (Å²) in [7, 11) is 5.42. The number of hydrogen-bond donors (Lipinski definition) is 0. The van der Waals surface area contributed by atoms with E-state index in [1.165, 1.54) is 12.0 Å². The van der Waals surface area contributed by atoms with Crippen LogP contribution in [0.5, 0.6) is 0 Å². The van der Waals surface area contributed by atoms with Gasteiger partial charge in [0.1, 0.15) is 0 Å². The van der Waals surface area contributed by atoms with Crippen molar-refractivity contribution in [3.8, 4) is 0 Å². The van der Waals surface area contributed by atoms with Gasteiger partial charge in [-0.05, 0) is 0 Å². The fraction of sp³-hybridized carbons (Fsp3) is 0.722. The second-order valence-electron chi connectivity index (χ2n) is 4.79. The Morgan fingerprint density at radius 2 is 1.05 bits per heavy atom. The molecule has 22 heavy (non-hydrogen) atoms. The molecule has 0 spiro atoms. The third kappa shape index (κ3) is 36.8. The molecule has 0 saturated heterocycles. The van der Waals surface area contributed by atoms with Crippen LogP contribution in [0.15, 0.2) is 24.3 Å². The summed E-state index contributed by atoms with van der Waals surface area (Å²) >= 11 is 0. The van der Waals surface area contributed by atoms with E-state index in [0.717, 1.165) is 25.6 Å². The average molecular weight is 343 g/mol. The molecule has 1 aromatic carbocycles. The molecule has 3 nitrogen and oxygen atoms in total. The molecular weight excluding hydrogens is 306 g/mol. The maximum Gasteiger partial charge on any atom is 4.00 e. The molecule has 1 rings (SSSR count). The van der Waals surface area contributed by atoms with Gasteiger partial charge >= 0.3 is 21.7 Å². The third-order valence-electron chi connectivity index (χ3n) is 2.32. The molecule has 0 fully saturated rings. The predicted molar refractivity (Wildman–Crippen MR) is 100 cm³/mol. The Balaban J connectivity index is -0.000000107. The van der Waals surface area contributed by atoms with E-state index in [9.17, 15) is 0 Å². The number of rotatable bonds is 5. The molecular formula is C18H37N3Ti. The molecule has 0 bridgehead atoms. The van der Waals surface area contributed by atoms with Crippen molar-refractivity contribution >= 4 is 0 Å². The monoisotopic (exact) mass is 343 g/mol. The maximum atomic E-state index is 3.74. The Kier molecular flexibility index (Phi) is 39.4. The summed E-state index contributed by atoms with van der Waals surface area (Å²) in [5.41, 5.74) is 1.46. The van der Waals surface area contributed by atoms with Crippen molar-refractivity contribution in [2.24, 2.45) is 5.92 Å². The molecule has 0 aromatic heterocycles. The fourth-order valence-corrected chi connectivity index (χ4v) is 1.02. The number of nitrogens with zero attached hydrogens (tertiary/aromatic N) is 3. The molecule has 1 aromatic rings. The largest absolute Gasteiger partial charge is 4.00 e. The van der Waals surface area contributed by atoms with Gasteiger partial charge in [-0.3, -0.25) is 0 Å². The zero-order chi connectivity index (χ0) is 16.9. The van der Waals surface area contributed by atoms with Gasteiger partial charge < -0.3 is 16.0 Å². The second kappa shape index (κ2) is 29.0. The maximum absolute atomic E-state index is 3.74. The molecule has 0 aliphatic carbocycles. The summed E-state index contributed by atoms with van der Waals surface area (Å²) in [5, 5.41) is 11.2. The van der Waals surface area contributed by atoms with E-state index >= 15 is 0 Å². The molecule has 0 N–H and O–H groups in total. The van der Waals surface area contributed by atoms with Crippen LogP contribution in [0.25, 0.3) is 16.0 Å². The van der Waals surface area contributed by atoms with Crippen LogP contribution in [0.2, 0.25) is 0 Å². The van der Waals surface area contributed by atoms with Crippen molar-refractivity contribution in [3.05, 3.63) is 45.8 Å². The summed E-state index contributed by atoms with van der Waals surface area (Å²) < 4.78 is 0. The minimum Gasteiger partial charge on any atom is -0.665 e. The molecule has 0 saturated carbocycles. The standard InChI is InChI=1S/C9H13.3C3H8N.Ti/c1-8(2)7-9-5-3-4-6-9;3*1-3-4-2;/h3-6,8H,7H2,1-2H3;3*3H2,1-2H3;/q4*-1;+4. The molecule has 0 radical (unpaired) electrons. The molecule has 0 atom stereocenters. The summed E-state index contributed by atoms with van der Waals surface area (Å²) in [6.07, 6.45) is 1.22. The van der Waals surface area contributed by atoms with Crippen LogP contribution in [0, 0.1) is 5.92 Å². The van der Waals surface area contributed by atoms with Crippen LogP contribution in [-0.2, 0) is 28.1 Å². The smallest absolute Gasteiger partial charge is 0.665 e. The van der Waals surface area contributed by atoms with Gasteiger partial charge in [0, 0.05) is 0 Å². The first-order valence-electron chi connectivity index (χ1n) is 7.91. The Morgan fingerprint density at radius 1 is 0.773 bits per heavy atom. The van der Waals surface area contributed by atoms with Crippen molar-refractivity contribution in [3.63, 3.8) is 0 Å². The van der Waals surface area contributed by atoms with E-state index in [-0.39, 0.29) is 21.7 Å². The van der Waals surface area contributed by atoms with Crippen LogP contribution in [-0.4, -0.2) is 40.8 Å². The molecule has 128 valence electrons. The first-order valence-corrected chi connectivity index (χ1v) is 7.91. The van der Waals surface area contributed by atoms with E-state index in [1.54, 1.807) is 21.1 Å².